The van der Waals surface area contributed by atoms with Gasteiger partial charge in [-0.15, -0.1) is 0 Å². The van der Waals surface area contributed by atoms with Crippen LogP contribution in [-0.4, -0.2) is 23.3 Å². The van der Waals surface area contributed by atoms with Crippen LogP contribution in [-0.2, 0) is 4.79 Å². The van der Waals surface area contributed by atoms with E-state index < -0.39 is 0 Å². The van der Waals surface area contributed by atoms with Gasteiger partial charge in [0, 0.05) is 6.61 Å². The van der Waals surface area contributed by atoms with E-state index in [0.717, 1.165) is 0 Å². The van der Waals surface area contributed by atoms with Crippen molar-refractivity contribution in [3.05, 3.63) is 0 Å². The van der Waals surface area contributed by atoms with E-state index in [2.05, 4.69) is 0 Å². The van der Waals surface area contributed by atoms with Gasteiger partial charge in [0.1, 0.15) is 0 Å². The van der Waals surface area contributed by atoms with Crippen LogP contribution in [0, 0.1) is 5.92 Å². The topological polar surface area (TPSA) is 57.5 Å². The number of hydrogen-bond acceptors (Lipinski definition) is 2. The van der Waals surface area contributed by atoms with Crippen molar-refractivity contribution in [1.29, 1.82) is 0 Å². The van der Waals surface area contributed by atoms with Crippen LogP contribution in [0.15, 0.2) is 0 Å². The molecule has 0 aromatic rings. The second kappa shape index (κ2) is 7.54. The van der Waals surface area contributed by atoms with Crippen molar-refractivity contribution in [3.63, 3.8) is 0 Å². The average molecular weight is 160 g/mol. The standard InChI is InChI=1S/C7H14O.CH2O2/c8-6-7-4-2-1-3-5-7;2-1-3/h7-8H,1-6H2;1H,(H,2,3). The molecule has 2 N–H and O–H groups in total. The van der Waals surface area contributed by atoms with Crippen LogP contribution in [0.3, 0.4) is 0 Å². The number of hydrogen-bond donors (Lipinski definition) is 2. The third-order valence-electron chi connectivity index (χ3n) is 1.98. The fourth-order valence-electron chi connectivity index (χ4n) is 1.37. The molecular formula is C8H16O3. The Hall–Kier alpha value is -0.570. The zero-order valence-corrected chi connectivity index (χ0v) is 6.70. The first-order chi connectivity index (χ1) is 5.35. The van der Waals surface area contributed by atoms with Crippen LogP contribution in [0.1, 0.15) is 32.1 Å². The molecule has 0 spiro atoms. The molecule has 0 heterocycles. The van der Waals surface area contributed by atoms with E-state index in [4.69, 9.17) is 15.0 Å². The molecule has 0 bridgehead atoms. The first-order valence-corrected chi connectivity index (χ1v) is 4.03. The fourth-order valence-corrected chi connectivity index (χ4v) is 1.37. The molecule has 1 aliphatic rings. The van der Waals surface area contributed by atoms with E-state index in [-0.39, 0.29) is 6.47 Å². The molecule has 0 aromatic carbocycles. The molecule has 1 rings (SSSR count). The van der Waals surface area contributed by atoms with Crippen molar-refractivity contribution in [1.82, 2.24) is 0 Å². The summed E-state index contributed by atoms with van der Waals surface area (Å²) in [4.78, 5) is 8.36. The Morgan fingerprint density at radius 1 is 1.27 bits per heavy atom. The molecule has 3 heteroatoms. The van der Waals surface area contributed by atoms with Gasteiger partial charge >= 0.3 is 0 Å². The number of carbonyl (C=O) groups is 1. The van der Waals surface area contributed by atoms with E-state index in [1.54, 1.807) is 0 Å². The molecule has 11 heavy (non-hydrogen) atoms. The quantitative estimate of drug-likeness (QED) is 0.568. The van der Waals surface area contributed by atoms with Gasteiger partial charge in [-0.05, 0) is 18.8 Å². The van der Waals surface area contributed by atoms with Crippen molar-refractivity contribution in [2.75, 3.05) is 6.61 Å². The molecule has 0 atom stereocenters. The minimum absolute atomic E-state index is 0.250. The highest BCUT2D eigenvalue weighted by Crippen LogP contribution is 2.22. The average Bonchev–Trinajstić information content (AvgIpc) is 2.08. The maximum Gasteiger partial charge on any atom is 0.290 e. The molecule has 66 valence electrons. The lowest BCUT2D eigenvalue weighted by molar-refractivity contribution is -0.122. The third kappa shape index (κ3) is 5.85. The Kier molecular flexibility index (Phi) is 7.15. The number of rotatable bonds is 1. The summed E-state index contributed by atoms with van der Waals surface area (Å²) < 4.78 is 0. The van der Waals surface area contributed by atoms with Crippen LogP contribution in [0.4, 0.5) is 0 Å². The van der Waals surface area contributed by atoms with E-state index in [9.17, 15) is 0 Å². The molecule has 0 aliphatic heterocycles. The smallest absolute Gasteiger partial charge is 0.290 e. The first kappa shape index (κ1) is 10.4. The zero-order chi connectivity index (χ0) is 8.53. The van der Waals surface area contributed by atoms with E-state index in [0.29, 0.717) is 12.5 Å². The predicted octanol–water partition coefficient (Wildman–Crippen LogP) is 1.26. The maximum absolute atomic E-state index is 8.69. The minimum atomic E-state index is -0.250. The van der Waals surface area contributed by atoms with Crippen molar-refractivity contribution in [2.24, 2.45) is 5.92 Å². The van der Waals surface area contributed by atoms with Gasteiger partial charge in [-0.1, -0.05) is 19.3 Å². The van der Waals surface area contributed by atoms with Gasteiger partial charge in [0.2, 0.25) is 0 Å². The number of aliphatic hydroxyl groups is 1. The summed E-state index contributed by atoms with van der Waals surface area (Å²) in [5.74, 6) is 0.642. The summed E-state index contributed by atoms with van der Waals surface area (Å²) in [6, 6.07) is 0. The lowest BCUT2D eigenvalue weighted by Crippen LogP contribution is -2.09. The second-order valence-electron chi connectivity index (χ2n) is 2.79. The summed E-state index contributed by atoms with van der Waals surface area (Å²) >= 11 is 0. The lowest BCUT2D eigenvalue weighted by atomic mass is 9.90. The molecule has 1 saturated carbocycles. The molecular weight excluding hydrogens is 144 g/mol. The largest absolute Gasteiger partial charge is 0.483 e. The molecule has 3 nitrogen and oxygen atoms in total. The predicted molar refractivity (Wildman–Crippen MR) is 42.4 cm³/mol. The fraction of sp³-hybridized carbons (Fsp3) is 0.875. The van der Waals surface area contributed by atoms with Gasteiger partial charge in [-0.3, -0.25) is 4.79 Å². The molecule has 1 fully saturated rings. The summed E-state index contributed by atoms with van der Waals surface area (Å²) in [6.45, 7) is 0.167. The zero-order valence-electron chi connectivity index (χ0n) is 6.70. The van der Waals surface area contributed by atoms with Gasteiger partial charge in [0.25, 0.3) is 6.47 Å². The van der Waals surface area contributed by atoms with Crippen LogP contribution in [0.5, 0.6) is 0 Å². The van der Waals surface area contributed by atoms with Gasteiger partial charge in [-0.25, -0.2) is 0 Å². The second-order valence-corrected chi connectivity index (χ2v) is 2.79. The molecule has 0 saturated heterocycles. The van der Waals surface area contributed by atoms with Crippen LogP contribution < -0.4 is 0 Å². The van der Waals surface area contributed by atoms with Gasteiger partial charge in [0.05, 0.1) is 0 Å². The van der Waals surface area contributed by atoms with Crippen LogP contribution in [0.2, 0.25) is 0 Å². The summed E-state index contributed by atoms with van der Waals surface area (Å²) in [6.07, 6.45) is 6.58. The van der Waals surface area contributed by atoms with Crippen molar-refractivity contribution >= 4 is 6.47 Å². The molecule has 0 aromatic heterocycles. The van der Waals surface area contributed by atoms with Crippen molar-refractivity contribution in [2.45, 2.75) is 32.1 Å². The van der Waals surface area contributed by atoms with Crippen molar-refractivity contribution < 1.29 is 15.0 Å². The molecule has 1 aliphatic carbocycles. The Labute approximate surface area is 67.0 Å². The number of aliphatic hydroxyl groups excluding tert-OH is 1. The molecule has 0 amide bonds. The summed E-state index contributed by atoms with van der Waals surface area (Å²) in [5.41, 5.74) is 0. The van der Waals surface area contributed by atoms with E-state index >= 15 is 0 Å². The Bertz CT molecular complexity index is 87.3. The highest BCUT2D eigenvalue weighted by molar-refractivity contribution is 5.32. The van der Waals surface area contributed by atoms with Crippen LogP contribution >= 0.6 is 0 Å². The highest BCUT2D eigenvalue weighted by atomic mass is 16.3. The third-order valence-corrected chi connectivity index (χ3v) is 1.98. The van der Waals surface area contributed by atoms with Gasteiger partial charge in [-0.2, -0.15) is 0 Å². The molecule has 0 radical (unpaired) electrons. The van der Waals surface area contributed by atoms with Crippen LogP contribution in [0.25, 0.3) is 0 Å². The highest BCUT2D eigenvalue weighted by Gasteiger charge is 2.10. The molecule has 0 unspecified atom stereocenters. The monoisotopic (exact) mass is 160 g/mol. The maximum atomic E-state index is 8.69. The van der Waals surface area contributed by atoms with Crippen molar-refractivity contribution in [3.8, 4) is 0 Å². The van der Waals surface area contributed by atoms with Gasteiger partial charge in [0.15, 0.2) is 0 Å². The Balaban J connectivity index is 0.000000292. The number of carboxylic acid groups (broad SMARTS) is 1. The summed E-state index contributed by atoms with van der Waals surface area (Å²) in [7, 11) is 0. The Morgan fingerprint density at radius 3 is 2.00 bits per heavy atom. The lowest BCUT2D eigenvalue weighted by Gasteiger charge is -2.18. The Morgan fingerprint density at radius 2 is 1.73 bits per heavy atom. The minimum Gasteiger partial charge on any atom is -0.483 e. The first-order valence-electron chi connectivity index (χ1n) is 4.03. The SMILES string of the molecule is O=CO.OCC1CCCCC1. The normalized spacial score (nSPS) is 18.3. The summed E-state index contributed by atoms with van der Waals surface area (Å²) in [5, 5.41) is 15.6. The van der Waals surface area contributed by atoms with Gasteiger partial charge < -0.3 is 10.2 Å². The van der Waals surface area contributed by atoms with E-state index in [1.807, 2.05) is 0 Å². The van der Waals surface area contributed by atoms with E-state index in [1.165, 1.54) is 32.1 Å².